The highest BCUT2D eigenvalue weighted by molar-refractivity contribution is 5.89. The Morgan fingerprint density at radius 2 is 1.80 bits per heavy atom. The van der Waals surface area contributed by atoms with Crippen molar-refractivity contribution < 1.29 is 24.2 Å². The van der Waals surface area contributed by atoms with E-state index in [1.165, 1.54) is 14.0 Å². The van der Waals surface area contributed by atoms with Crippen molar-refractivity contribution in [3.8, 4) is 0 Å². The fourth-order valence-electron chi connectivity index (χ4n) is 2.15. The van der Waals surface area contributed by atoms with Gasteiger partial charge in [-0.1, -0.05) is 50.6 Å². The molecule has 1 aromatic rings. The van der Waals surface area contributed by atoms with Crippen LogP contribution in [-0.4, -0.2) is 47.1 Å². The molecule has 3 atom stereocenters. The lowest BCUT2D eigenvalue weighted by Crippen LogP contribution is -2.54. The number of carbonyl (C=O) groups is 3. The molecule has 138 valence electrons. The monoisotopic (exact) mass is 350 g/mol. The third-order valence-electron chi connectivity index (χ3n) is 4.25. The number of benzene rings is 1. The van der Waals surface area contributed by atoms with Crippen LogP contribution in [-0.2, 0) is 20.9 Å². The van der Waals surface area contributed by atoms with Crippen molar-refractivity contribution in [1.29, 1.82) is 0 Å². The number of carboxylic acids is 1. The van der Waals surface area contributed by atoms with Crippen molar-refractivity contribution in [2.45, 2.75) is 45.9 Å². The van der Waals surface area contributed by atoms with E-state index < -0.39 is 30.1 Å². The number of rotatable bonds is 8. The summed E-state index contributed by atoms with van der Waals surface area (Å²) >= 11 is 0. The lowest BCUT2D eigenvalue weighted by Gasteiger charge is -2.30. The zero-order valence-corrected chi connectivity index (χ0v) is 15.1. The molecule has 0 aliphatic carbocycles. The van der Waals surface area contributed by atoms with Crippen LogP contribution in [0.4, 0.5) is 4.79 Å². The molecule has 0 saturated carbocycles. The molecule has 0 heterocycles. The zero-order valence-electron chi connectivity index (χ0n) is 15.1. The number of alkyl carbamates (subject to hydrolysis) is 1. The summed E-state index contributed by atoms with van der Waals surface area (Å²) in [6.45, 7) is 5.22. The zero-order chi connectivity index (χ0) is 19.0. The maximum Gasteiger partial charge on any atom is 0.408 e. The highest BCUT2D eigenvalue weighted by Crippen LogP contribution is 2.13. The van der Waals surface area contributed by atoms with Crippen LogP contribution in [0, 0.1) is 5.92 Å². The average molecular weight is 350 g/mol. The average Bonchev–Trinajstić information content (AvgIpc) is 2.62. The predicted molar refractivity (Wildman–Crippen MR) is 92.9 cm³/mol. The first-order chi connectivity index (χ1) is 11.8. The number of likely N-dealkylation sites (N-methyl/N-ethyl adjacent to an activating group) is 1. The van der Waals surface area contributed by atoms with Crippen molar-refractivity contribution in [2.75, 3.05) is 7.05 Å². The summed E-state index contributed by atoms with van der Waals surface area (Å²) in [5, 5.41) is 11.6. The van der Waals surface area contributed by atoms with E-state index in [0.717, 1.165) is 10.5 Å². The fourth-order valence-corrected chi connectivity index (χ4v) is 2.15. The van der Waals surface area contributed by atoms with Gasteiger partial charge in [0.25, 0.3) is 0 Å². The standard InChI is InChI=1S/C18H26N2O5/c1-5-12(2)15(16(21)20(4)13(3)17(22)23)19-18(24)25-11-14-9-7-6-8-10-14/h6-10,12-13,15H,5,11H2,1-4H3,(H,19,24)(H,22,23)/t12-,13-,15-/m0/s1. The molecule has 7 heteroatoms. The third-order valence-corrected chi connectivity index (χ3v) is 4.25. The minimum Gasteiger partial charge on any atom is -0.480 e. The molecular weight excluding hydrogens is 324 g/mol. The van der Waals surface area contributed by atoms with Crippen molar-refractivity contribution in [3.63, 3.8) is 0 Å². The number of hydrogen-bond acceptors (Lipinski definition) is 4. The summed E-state index contributed by atoms with van der Waals surface area (Å²) in [5.74, 6) is -1.73. The Bertz CT molecular complexity index is 590. The molecule has 0 fully saturated rings. The maximum absolute atomic E-state index is 12.6. The molecule has 1 rings (SSSR count). The fraction of sp³-hybridized carbons (Fsp3) is 0.500. The van der Waals surface area contributed by atoms with Crippen LogP contribution >= 0.6 is 0 Å². The van der Waals surface area contributed by atoms with Crippen LogP contribution in [0.2, 0.25) is 0 Å². The summed E-state index contributed by atoms with van der Waals surface area (Å²) < 4.78 is 5.15. The van der Waals surface area contributed by atoms with Crippen LogP contribution in [0.1, 0.15) is 32.8 Å². The molecule has 0 radical (unpaired) electrons. The Morgan fingerprint density at radius 1 is 1.20 bits per heavy atom. The van der Waals surface area contributed by atoms with E-state index in [0.29, 0.717) is 6.42 Å². The van der Waals surface area contributed by atoms with Crippen LogP contribution in [0.25, 0.3) is 0 Å². The Morgan fingerprint density at radius 3 is 2.32 bits per heavy atom. The first kappa shape index (κ1) is 20.5. The molecule has 0 aromatic heterocycles. The van der Waals surface area contributed by atoms with E-state index >= 15 is 0 Å². The minimum atomic E-state index is -1.11. The first-order valence-electron chi connectivity index (χ1n) is 8.24. The van der Waals surface area contributed by atoms with Gasteiger partial charge in [-0.25, -0.2) is 9.59 Å². The molecule has 2 N–H and O–H groups in total. The van der Waals surface area contributed by atoms with Gasteiger partial charge in [-0.2, -0.15) is 0 Å². The molecule has 0 bridgehead atoms. The van der Waals surface area contributed by atoms with Crippen LogP contribution in [0.15, 0.2) is 30.3 Å². The highest BCUT2D eigenvalue weighted by Gasteiger charge is 2.32. The van der Waals surface area contributed by atoms with E-state index in [2.05, 4.69) is 5.32 Å². The van der Waals surface area contributed by atoms with Crippen molar-refractivity contribution in [2.24, 2.45) is 5.92 Å². The lowest BCUT2D eigenvalue weighted by molar-refractivity contribution is -0.149. The summed E-state index contributed by atoms with van der Waals surface area (Å²) in [6.07, 6.45) is -0.0659. The molecule has 25 heavy (non-hydrogen) atoms. The molecule has 0 spiro atoms. The van der Waals surface area contributed by atoms with Gasteiger partial charge in [-0.05, 0) is 18.4 Å². The van der Waals surface area contributed by atoms with Gasteiger partial charge in [0, 0.05) is 7.05 Å². The Balaban J connectivity index is 2.73. The highest BCUT2D eigenvalue weighted by atomic mass is 16.5. The second-order valence-corrected chi connectivity index (χ2v) is 6.03. The second-order valence-electron chi connectivity index (χ2n) is 6.03. The molecule has 0 aliphatic rings. The Kier molecular flexibility index (Phi) is 7.91. The topological polar surface area (TPSA) is 95.9 Å². The summed E-state index contributed by atoms with van der Waals surface area (Å²) in [4.78, 5) is 36.9. The van der Waals surface area contributed by atoms with Gasteiger partial charge in [0.2, 0.25) is 5.91 Å². The van der Waals surface area contributed by atoms with Gasteiger partial charge in [0.05, 0.1) is 0 Å². The summed E-state index contributed by atoms with van der Waals surface area (Å²) in [7, 11) is 1.41. The molecule has 0 saturated heterocycles. The molecule has 2 amide bonds. The first-order valence-corrected chi connectivity index (χ1v) is 8.24. The number of amides is 2. The smallest absolute Gasteiger partial charge is 0.408 e. The Labute approximate surface area is 148 Å². The summed E-state index contributed by atoms with van der Waals surface area (Å²) in [6, 6.07) is 7.36. The van der Waals surface area contributed by atoms with E-state index in [4.69, 9.17) is 9.84 Å². The normalized spacial score (nSPS) is 14.1. The molecular formula is C18H26N2O5. The number of nitrogens with one attached hydrogen (secondary N) is 1. The van der Waals surface area contributed by atoms with Gasteiger partial charge in [0.1, 0.15) is 18.7 Å². The van der Waals surface area contributed by atoms with Gasteiger partial charge in [-0.15, -0.1) is 0 Å². The number of ether oxygens (including phenoxy) is 1. The molecule has 7 nitrogen and oxygen atoms in total. The van der Waals surface area contributed by atoms with Crippen molar-refractivity contribution >= 4 is 18.0 Å². The van der Waals surface area contributed by atoms with E-state index in [-0.39, 0.29) is 12.5 Å². The van der Waals surface area contributed by atoms with Crippen molar-refractivity contribution in [1.82, 2.24) is 10.2 Å². The number of carboxylic acid groups (broad SMARTS) is 1. The predicted octanol–water partition coefficient (Wildman–Crippen LogP) is 2.26. The van der Waals surface area contributed by atoms with Gasteiger partial charge in [0.15, 0.2) is 0 Å². The van der Waals surface area contributed by atoms with E-state index in [9.17, 15) is 14.4 Å². The van der Waals surface area contributed by atoms with Gasteiger partial charge in [-0.3, -0.25) is 4.79 Å². The van der Waals surface area contributed by atoms with Crippen LogP contribution in [0.3, 0.4) is 0 Å². The SMILES string of the molecule is CC[C@H](C)[C@H](NC(=O)OCc1ccccc1)C(=O)N(C)[C@@H](C)C(=O)O. The van der Waals surface area contributed by atoms with Crippen LogP contribution < -0.4 is 5.32 Å². The van der Waals surface area contributed by atoms with Gasteiger partial charge >= 0.3 is 12.1 Å². The van der Waals surface area contributed by atoms with Gasteiger partial charge < -0.3 is 20.1 Å². The number of hydrogen-bond donors (Lipinski definition) is 2. The minimum absolute atomic E-state index is 0.0927. The number of nitrogens with zero attached hydrogens (tertiary/aromatic N) is 1. The number of carbonyl (C=O) groups excluding carboxylic acids is 2. The second kappa shape index (κ2) is 9.66. The quantitative estimate of drug-likeness (QED) is 0.750. The maximum atomic E-state index is 12.6. The third kappa shape index (κ3) is 6.10. The number of aliphatic carboxylic acids is 1. The lowest BCUT2D eigenvalue weighted by atomic mass is 9.97. The van der Waals surface area contributed by atoms with Crippen LogP contribution in [0.5, 0.6) is 0 Å². The summed E-state index contributed by atoms with van der Waals surface area (Å²) in [5.41, 5.74) is 0.834. The van der Waals surface area contributed by atoms with Crippen molar-refractivity contribution in [3.05, 3.63) is 35.9 Å². The largest absolute Gasteiger partial charge is 0.480 e. The van der Waals surface area contributed by atoms with E-state index in [1.807, 2.05) is 44.2 Å². The molecule has 0 aliphatic heterocycles. The molecule has 0 unspecified atom stereocenters. The van der Waals surface area contributed by atoms with E-state index in [1.54, 1.807) is 0 Å². The Hall–Kier alpha value is -2.57. The molecule has 1 aromatic carbocycles.